The molecule has 0 saturated carbocycles. The van der Waals surface area contributed by atoms with E-state index in [4.69, 9.17) is 4.98 Å². The molecule has 2 heterocycles. The van der Waals surface area contributed by atoms with Crippen LogP contribution in [0.5, 0.6) is 0 Å². The van der Waals surface area contributed by atoms with Gasteiger partial charge < -0.3 is 10.2 Å². The Morgan fingerprint density at radius 3 is 2.72 bits per heavy atom. The average Bonchev–Trinajstić information content (AvgIpc) is 3.17. The molecule has 5 nitrogen and oxygen atoms in total. The maximum absolute atomic E-state index is 12.3. The number of piperazine rings is 1. The van der Waals surface area contributed by atoms with Gasteiger partial charge in [0.05, 0.1) is 10.2 Å². The Labute approximate surface area is 176 Å². The lowest BCUT2D eigenvalue weighted by molar-refractivity contribution is 0.0947. The first-order valence-electron chi connectivity index (χ1n) is 10.3. The van der Waals surface area contributed by atoms with Crippen LogP contribution in [0.2, 0.25) is 0 Å². The van der Waals surface area contributed by atoms with Crippen molar-refractivity contribution < 1.29 is 4.79 Å². The lowest BCUT2D eigenvalue weighted by Gasteiger charge is -2.34. The van der Waals surface area contributed by atoms with Gasteiger partial charge in [-0.15, -0.1) is 0 Å². The number of thiazole rings is 1. The van der Waals surface area contributed by atoms with Crippen molar-refractivity contribution in [3.8, 4) is 0 Å². The van der Waals surface area contributed by atoms with Crippen LogP contribution >= 0.6 is 11.3 Å². The van der Waals surface area contributed by atoms with Gasteiger partial charge in [-0.2, -0.15) is 0 Å². The molecular weight excluding hydrogens is 380 g/mol. The molecule has 0 spiro atoms. The summed E-state index contributed by atoms with van der Waals surface area (Å²) in [5.74, 6) is 0.00765. The zero-order valence-electron chi connectivity index (χ0n) is 17.1. The van der Waals surface area contributed by atoms with Crippen LogP contribution < -0.4 is 10.2 Å². The largest absolute Gasteiger partial charge is 0.351 e. The normalized spacial score (nSPS) is 15.0. The Bertz CT molecular complexity index is 991. The number of hydrogen-bond donors (Lipinski definition) is 1. The van der Waals surface area contributed by atoms with E-state index in [-0.39, 0.29) is 5.91 Å². The predicted octanol–water partition coefficient (Wildman–Crippen LogP) is 3.72. The SMILES string of the molecule is CCc1ccc2nc(N3CCN(CCNC(=O)c4cccc(C)c4)CC3)sc2c1. The fourth-order valence-corrected chi connectivity index (χ4v) is 4.77. The maximum atomic E-state index is 12.3. The molecule has 0 atom stereocenters. The van der Waals surface area contributed by atoms with Crippen molar-refractivity contribution in [3.05, 3.63) is 59.2 Å². The summed E-state index contributed by atoms with van der Waals surface area (Å²) in [6, 6.07) is 14.3. The molecule has 1 fully saturated rings. The van der Waals surface area contributed by atoms with Gasteiger partial charge in [0, 0.05) is 44.8 Å². The number of carbonyl (C=O) groups excluding carboxylic acids is 1. The van der Waals surface area contributed by atoms with Crippen LogP contribution in [0, 0.1) is 6.92 Å². The number of nitrogens with one attached hydrogen (secondary N) is 1. The summed E-state index contributed by atoms with van der Waals surface area (Å²) in [5, 5.41) is 4.17. The van der Waals surface area contributed by atoms with Gasteiger partial charge in [-0.3, -0.25) is 9.69 Å². The summed E-state index contributed by atoms with van der Waals surface area (Å²) in [5.41, 5.74) is 4.31. The number of aryl methyl sites for hydroxylation is 2. The first-order valence-corrected chi connectivity index (χ1v) is 11.2. The zero-order chi connectivity index (χ0) is 20.2. The van der Waals surface area contributed by atoms with Crippen LogP contribution in [0.4, 0.5) is 5.13 Å². The molecule has 4 rings (SSSR count). The number of carbonyl (C=O) groups is 1. The van der Waals surface area contributed by atoms with Crippen LogP contribution in [0.25, 0.3) is 10.2 Å². The van der Waals surface area contributed by atoms with E-state index in [9.17, 15) is 4.79 Å². The fourth-order valence-electron chi connectivity index (χ4n) is 3.69. The highest BCUT2D eigenvalue weighted by Crippen LogP contribution is 2.30. The van der Waals surface area contributed by atoms with E-state index in [0.717, 1.165) is 60.9 Å². The molecule has 6 heteroatoms. The van der Waals surface area contributed by atoms with Crippen LogP contribution in [-0.2, 0) is 6.42 Å². The maximum Gasteiger partial charge on any atom is 0.251 e. The summed E-state index contributed by atoms with van der Waals surface area (Å²) in [6.45, 7) is 9.69. The van der Waals surface area contributed by atoms with Crippen LogP contribution in [0.3, 0.4) is 0 Å². The number of anilines is 1. The molecular formula is C23H28N4OS. The number of rotatable bonds is 6. The highest BCUT2D eigenvalue weighted by atomic mass is 32.1. The third-order valence-electron chi connectivity index (χ3n) is 5.49. The third kappa shape index (κ3) is 4.77. The van der Waals surface area contributed by atoms with Gasteiger partial charge in [-0.05, 0) is 43.2 Å². The van der Waals surface area contributed by atoms with Crippen LogP contribution in [0.1, 0.15) is 28.4 Å². The number of benzene rings is 2. The lowest BCUT2D eigenvalue weighted by atomic mass is 10.1. The standard InChI is InChI=1S/C23H28N4OS/c1-3-18-7-8-20-21(16-18)29-23(25-20)27-13-11-26(12-14-27)10-9-24-22(28)19-6-4-5-17(2)15-19/h4-8,15-16H,3,9-14H2,1-2H3,(H,24,28). The van der Waals surface area contributed by atoms with Gasteiger partial charge in [0.1, 0.15) is 0 Å². The second kappa shape index (κ2) is 8.93. The molecule has 1 aliphatic heterocycles. The van der Waals surface area contributed by atoms with Crippen molar-refractivity contribution in [3.63, 3.8) is 0 Å². The minimum Gasteiger partial charge on any atom is -0.351 e. The van der Waals surface area contributed by atoms with Crippen molar-refractivity contribution in [1.82, 2.24) is 15.2 Å². The van der Waals surface area contributed by atoms with Crippen molar-refractivity contribution in [2.75, 3.05) is 44.2 Å². The Morgan fingerprint density at radius 1 is 1.14 bits per heavy atom. The molecule has 0 radical (unpaired) electrons. The minimum absolute atomic E-state index is 0.00765. The first-order chi connectivity index (χ1) is 14.1. The first kappa shape index (κ1) is 19.9. The molecule has 152 valence electrons. The predicted molar refractivity (Wildman–Crippen MR) is 121 cm³/mol. The average molecular weight is 409 g/mol. The summed E-state index contributed by atoms with van der Waals surface area (Å²) in [4.78, 5) is 21.9. The highest BCUT2D eigenvalue weighted by Gasteiger charge is 2.20. The van der Waals surface area contributed by atoms with Crippen molar-refractivity contribution in [2.24, 2.45) is 0 Å². The van der Waals surface area contributed by atoms with Crippen molar-refractivity contribution in [1.29, 1.82) is 0 Å². The van der Waals surface area contributed by atoms with Gasteiger partial charge in [-0.1, -0.05) is 42.0 Å². The summed E-state index contributed by atoms with van der Waals surface area (Å²) in [6.07, 6.45) is 1.06. The van der Waals surface area contributed by atoms with E-state index in [1.54, 1.807) is 11.3 Å². The molecule has 29 heavy (non-hydrogen) atoms. The Hall–Kier alpha value is -2.44. The van der Waals surface area contributed by atoms with Gasteiger partial charge in [0.15, 0.2) is 5.13 Å². The minimum atomic E-state index is 0.00765. The van der Waals surface area contributed by atoms with E-state index in [2.05, 4.69) is 40.2 Å². The van der Waals surface area contributed by atoms with E-state index in [0.29, 0.717) is 6.54 Å². The third-order valence-corrected chi connectivity index (χ3v) is 6.57. The second-order valence-corrected chi connectivity index (χ2v) is 8.62. The number of aromatic nitrogens is 1. The second-order valence-electron chi connectivity index (χ2n) is 7.61. The van der Waals surface area contributed by atoms with Gasteiger partial charge in [0.2, 0.25) is 0 Å². The Kier molecular flexibility index (Phi) is 6.11. The zero-order valence-corrected chi connectivity index (χ0v) is 18.0. The summed E-state index contributed by atoms with van der Waals surface area (Å²) >= 11 is 1.79. The molecule has 3 aromatic rings. The quantitative estimate of drug-likeness (QED) is 0.675. The van der Waals surface area contributed by atoms with E-state index >= 15 is 0 Å². The molecule has 1 saturated heterocycles. The van der Waals surface area contributed by atoms with Crippen molar-refractivity contribution in [2.45, 2.75) is 20.3 Å². The topological polar surface area (TPSA) is 48.5 Å². The summed E-state index contributed by atoms with van der Waals surface area (Å²) < 4.78 is 1.28. The number of hydrogen-bond acceptors (Lipinski definition) is 5. The molecule has 2 aromatic carbocycles. The molecule has 0 unspecified atom stereocenters. The lowest BCUT2D eigenvalue weighted by Crippen LogP contribution is -2.48. The molecule has 1 N–H and O–H groups in total. The monoisotopic (exact) mass is 408 g/mol. The van der Waals surface area contributed by atoms with E-state index in [1.165, 1.54) is 10.3 Å². The molecule has 0 bridgehead atoms. The van der Waals surface area contributed by atoms with E-state index < -0.39 is 0 Å². The number of nitrogens with zero attached hydrogens (tertiary/aromatic N) is 3. The summed E-state index contributed by atoms with van der Waals surface area (Å²) in [7, 11) is 0. The van der Waals surface area contributed by atoms with Gasteiger partial charge >= 0.3 is 0 Å². The smallest absolute Gasteiger partial charge is 0.251 e. The number of amides is 1. The Balaban J connectivity index is 1.26. The Morgan fingerprint density at radius 2 is 1.97 bits per heavy atom. The molecule has 1 aliphatic rings. The highest BCUT2D eigenvalue weighted by molar-refractivity contribution is 7.22. The van der Waals surface area contributed by atoms with Crippen LogP contribution in [0.15, 0.2) is 42.5 Å². The molecule has 0 aliphatic carbocycles. The van der Waals surface area contributed by atoms with Gasteiger partial charge in [0.25, 0.3) is 5.91 Å². The van der Waals surface area contributed by atoms with Gasteiger partial charge in [-0.25, -0.2) is 4.98 Å². The van der Waals surface area contributed by atoms with Crippen molar-refractivity contribution >= 4 is 32.6 Å². The van der Waals surface area contributed by atoms with E-state index in [1.807, 2.05) is 31.2 Å². The van der Waals surface area contributed by atoms with Crippen LogP contribution in [-0.4, -0.2) is 55.1 Å². The number of fused-ring (bicyclic) bond motifs is 1. The molecule has 1 amide bonds. The fraction of sp³-hybridized carbons (Fsp3) is 0.391. The molecule has 1 aromatic heterocycles.